The maximum Gasteiger partial charge on any atom is 2.00 e. The van der Waals surface area contributed by atoms with Crippen molar-refractivity contribution < 1.29 is 45.2 Å². The van der Waals surface area contributed by atoms with E-state index in [0.29, 0.717) is 0 Å². The Hall–Kier alpha value is -3.62. The summed E-state index contributed by atoms with van der Waals surface area (Å²) in [4.78, 5) is 0. The Morgan fingerprint density at radius 3 is 1.20 bits per heavy atom. The zero-order chi connectivity index (χ0) is 30.3. The molecule has 238 valence electrons. The molecule has 0 bridgehead atoms. The van der Waals surface area contributed by atoms with Gasteiger partial charge < -0.3 is 24.8 Å². The first-order valence-corrected chi connectivity index (χ1v) is 19.6. The van der Waals surface area contributed by atoms with E-state index in [4.69, 9.17) is 0 Å². The van der Waals surface area contributed by atoms with E-state index < -0.39 is 14.5 Å². The van der Waals surface area contributed by atoms with Gasteiger partial charge in [0, 0.05) is 16.5 Å². The van der Waals surface area contributed by atoms with Crippen LogP contribution in [-0.2, 0) is 20.4 Å². The molecule has 10 rings (SSSR count). The van der Waals surface area contributed by atoms with Crippen molar-refractivity contribution in [1.82, 2.24) is 0 Å². The average Bonchev–Trinajstić information content (AvgIpc) is 3.75. The number of rotatable bonds is 4. The van der Waals surface area contributed by atoms with Crippen molar-refractivity contribution >= 4 is 78.5 Å². The Morgan fingerprint density at radius 1 is 0.286 bits per heavy atom. The van der Waals surface area contributed by atoms with Gasteiger partial charge in [-0.05, 0) is 70.8 Å². The largest absolute Gasteiger partial charge is 2.00 e. The van der Waals surface area contributed by atoms with Crippen LogP contribution in [0, 0.1) is 0 Å². The van der Waals surface area contributed by atoms with Crippen molar-refractivity contribution in [3.8, 4) is 11.1 Å². The van der Waals surface area contributed by atoms with Crippen molar-refractivity contribution in [3.63, 3.8) is 0 Å². The van der Waals surface area contributed by atoms with E-state index >= 15 is 0 Å². The topological polar surface area (TPSA) is 0 Å². The molecule has 2 aliphatic heterocycles. The molecule has 5 heteroatoms. The number of hydrogen-bond donors (Lipinski definition) is 0. The Morgan fingerprint density at radius 2 is 0.694 bits per heavy atom. The van der Waals surface area contributed by atoms with Gasteiger partial charge in [-0.25, -0.2) is 0 Å². The van der Waals surface area contributed by atoms with Gasteiger partial charge in [0.25, 0.3) is 0 Å². The standard InChI is InChI=1S/C44H30P2.2ClH.Pd/c1-5-18-32(19-6-1)45(33-20-7-2-8-21-33)39-30-29-31-17-13-14-26-36(31)40(39)41-37-27-15-16-28-38(37)42-44(43(41)45)46(42,34-22-9-3-10-23-34)35-24-11-4-12-25-35;;;/h1-30H;2*1H;/q+2;;;+2/p-2. The summed E-state index contributed by atoms with van der Waals surface area (Å²) in [6.45, 7) is 0. The minimum Gasteiger partial charge on any atom is -1.00 e. The quantitative estimate of drug-likeness (QED) is 0.188. The summed E-state index contributed by atoms with van der Waals surface area (Å²) in [5.74, 6) is 0. The van der Waals surface area contributed by atoms with Crippen molar-refractivity contribution in [3.05, 3.63) is 182 Å². The molecule has 0 amide bonds. The molecule has 0 radical (unpaired) electrons. The summed E-state index contributed by atoms with van der Waals surface area (Å²) >= 11 is 0. The first-order valence-electron chi connectivity index (χ1n) is 16.0. The molecule has 8 aromatic rings. The van der Waals surface area contributed by atoms with Crippen LogP contribution in [0.4, 0.5) is 0 Å². The molecule has 0 nitrogen and oxygen atoms in total. The Bertz CT molecular complexity index is 2390. The fraction of sp³-hybridized carbons (Fsp3) is 0. The van der Waals surface area contributed by atoms with Crippen molar-refractivity contribution in [2.75, 3.05) is 0 Å². The zero-order valence-electron chi connectivity index (χ0n) is 26.3. The molecule has 0 saturated heterocycles. The second kappa shape index (κ2) is 12.9. The molecule has 2 aliphatic rings. The van der Waals surface area contributed by atoms with E-state index in [0.717, 1.165) is 0 Å². The molecule has 8 aromatic carbocycles. The van der Waals surface area contributed by atoms with Crippen molar-refractivity contribution in [2.24, 2.45) is 0 Å². The summed E-state index contributed by atoms with van der Waals surface area (Å²) in [6.07, 6.45) is 0. The zero-order valence-corrected chi connectivity index (χ0v) is 31.1. The van der Waals surface area contributed by atoms with E-state index in [2.05, 4.69) is 182 Å². The van der Waals surface area contributed by atoms with E-state index in [-0.39, 0.29) is 45.2 Å². The normalized spacial score (nSPS) is 14.0. The Labute approximate surface area is 314 Å². The van der Waals surface area contributed by atoms with Crippen LogP contribution < -0.4 is 67.3 Å². The molecule has 0 fully saturated rings. The Balaban J connectivity index is 0.00000126. The average molecular weight is 798 g/mol. The van der Waals surface area contributed by atoms with Gasteiger partial charge in [0.15, 0.2) is 23.2 Å². The third-order valence-corrected chi connectivity index (χ3v) is 18.9. The summed E-state index contributed by atoms with van der Waals surface area (Å²) in [5, 5.41) is 17.5. The first kappa shape index (κ1) is 33.9. The van der Waals surface area contributed by atoms with Gasteiger partial charge in [0.2, 0.25) is 0 Å². The molecule has 0 atom stereocenters. The van der Waals surface area contributed by atoms with Gasteiger partial charge in [0.1, 0.15) is 33.8 Å². The van der Waals surface area contributed by atoms with Gasteiger partial charge in [-0.2, -0.15) is 0 Å². The van der Waals surface area contributed by atoms with Gasteiger partial charge in [-0.1, -0.05) is 127 Å². The van der Waals surface area contributed by atoms with Crippen LogP contribution in [0.2, 0.25) is 0 Å². The third kappa shape index (κ3) is 4.48. The van der Waals surface area contributed by atoms with Gasteiger partial charge in [0.05, 0.1) is 0 Å². The van der Waals surface area contributed by atoms with E-state index in [9.17, 15) is 0 Å². The van der Waals surface area contributed by atoms with Crippen LogP contribution in [0.5, 0.6) is 0 Å². The molecule has 0 spiro atoms. The van der Waals surface area contributed by atoms with Gasteiger partial charge in [-0.3, -0.25) is 0 Å². The van der Waals surface area contributed by atoms with E-state index in [1.807, 2.05) is 0 Å². The Kier molecular flexibility index (Phi) is 8.93. The van der Waals surface area contributed by atoms with Crippen LogP contribution in [0.3, 0.4) is 0 Å². The molecule has 0 aliphatic carbocycles. The monoisotopic (exact) mass is 796 g/mol. The molecule has 0 saturated carbocycles. The van der Waals surface area contributed by atoms with Crippen LogP contribution in [0.1, 0.15) is 0 Å². The van der Waals surface area contributed by atoms with Crippen molar-refractivity contribution in [1.29, 1.82) is 0 Å². The number of fused-ring (bicyclic) bond motifs is 10. The van der Waals surface area contributed by atoms with Gasteiger partial charge in [-0.15, -0.1) is 0 Å². The second-order valence-electron chi connectivity index (χ2n) is 12.3. The van der Waals surface area contributed by atoms with Crippen molar-refractivity contribution in [2.45, 2.75) is 0 Å². The number of halogens is 2. The molecule has 2 heterocycles. The predicted molar refractivity (Wildman–Crippen MR) is 204 cm³/mol. The molecule has 49 heavy (non-hydrogen) atoms. The molecule has 0 N–H and O–H groups in total. The smallest absolute Gasteiger partial charge is 1.00 e. The minimum atomic E-state index is -2.32. The van der Waals surface area contributed by atoms with E-state index in [1.165, 1.54) is 59.2 Å². The van der Waals surface area contributed by atoms with Crippen LogP contribution in [-0.4, -0.2) is 0 Å². The SMILES string of the molecule is [Cl-].[Cl-].[Pd+2].c1ccc([P+]2(c3ccccc3)c3ccc4ccccc4c3-c3c2c2c(c4ccccc34)[P+]2(c2ccccc2)c2ccccc2)cc1. The molecular formula is C44H30Cl2P2Pd+2. The third-order valence-electron chi connectivity index (χ3n) is 10.2. The maximum absolute atomic E-state index is 2.49. The molecule has 0 aromatic heterocycles. The van der Waals surface area contributed by atoms with Crippen LogP contribution >= 0.6 is 14.5 Å². The number of benzene rings is 8. The fourth-order valence-corrected chi connectivity index (χ4v) is 18.7. The van der Waals surface area contributed by atoms with E-state index in [1.54, 1.807) is 15.9 Å². The summed E-state index contributed by atoms with van der Waals surface area (Å²) in [6, 6.07) is 69.0. The number of hydrogen-bond acceptors (Lipinski definition) is 0. The summed E-state index contributed by atoms with van der Waals surface area (Å²) < 4.78 is 0. The molecule has 0 unspecified atom stereocenters. The van der Waals surface area contributed by atoms with Crippen LogP contribution in [0.25, 0.3) is 32.7 Å². The molecular weight excluding hydrogens is 768 g/mol. The van der Waals surface area contributed by atoms with Gasteiger partial charge >= 0.3 is 20.4 Å². The second-order valence-corrected chi connectivity index (χ2v) is 18.9. The first-order chi connectivity index (χ1) is 22.9. The fourth-order valence-electron chi connectivity index (χ4n) is 8.44. The minimum absolute atomic E-state index is 0. The maximum atomic E-state index is 2.49. The predicted octanol–water partition coefficient (Wildman–Crippen LogP) is 1.53. The van der Waals surface area contributed by atoms with Crippen LogP contribution in [0.15, 0.2) is 182 Å². The summed E-state index contributed by atoms with van der Waals surface area (Å²) in [5.41, 5.74) is 2.88. The summed E-state index contributed by atoms with van der Waals surface area (Å²) in [7, 11) is -4.38.